The van der Waals surface area contributed by atoms with E-state index >= 15 is 0 Å². The summed E-state index contributed by atoms with van der Waals surface area (Å²) in [4.78, 5) is 35.9. The van der Waals surface area contributed by atoms with Crippen molar-refractivity contribution in [3.8, 4) is 17.1 Å². The van der Waals surface area contributed by atoms with Crippen LogP contribution < -0.4 is 14.4 Å². The Kier molecular flexibility index (Phi) is 9.79. The molecular weight excluding hydrogens is 649 g/mol. The summed E-state index contributed by atoms with van der Waals surface area (Å²) in [7, 11) is -2.37. The quantitative estimate of drug-likeness (QED) is 0.265. The van der Waals surface area contributed by atoms with Crippen LogP contribution in [0.2, 0.25) is 0 Å². The van der Waals surface area contributed by atoms with E-state index in [2.05, 4.69) is 19.7 Å². The lowest BCUT2D eigenvalue weighted by Gasteiger charge is -2.38. The minimum Gasteiger partial charge on any atom is -0.475 e. The van der Waals surface area contributed by atoms with Gasteiger partial charge in [0.05, 0.1) is 54.0 Å². The van der Waals surface area contributed by atoms with Crippen LogP contribution in [0.5, 0.6) is 5.88 Å². The average Bonchev–Trinajstić information content (AvgIpc) is 3.05. The first-order valence-corrected chi connectivity index (χ1v) is 17.7. The third-order valence-corrected chi connectivity index (χ3v) is 10.1. The molecule has 4 aromatic rings. The molecule has 0 unspecified atom stereocenters. The zero-order chi connectivity index (χ0) is 34.9. The Balaban J connectivity index is 1.43. The van der Waals surface area contributed by atoms with Crippen molar-refractivity contribution in [1.82, 2.24) is 24.8 Å². The zero-order valence-electron chi connectivity index (χ0n) is 28.1. The van der Waals surface area contributed by atoms with Crippen molar-refractivity contribution in [2.24, 2.45) is 0 Å². The Labute approximate surface area is 285 Å². The molecule has 1 fully saturated rings. The summed E-state index contributed by atoms with van der Waals surface area (Å²) in [5, 5.41) is 0. The predicted octanol–water partition coefficient (Wildman–Crippen LogP) is 5.12. The van der Waals surface area contributed by atoms with Crippen LogP contribution in [0.1, 0.15) is 53.9 Å². The molecule has 1 aliphatic heterocycles. The number of carbonyl (C=O) groups excluding carboxylic acids is 1. The van der Waals surface area contributed by atoms with Gasteiger partial charge < -0.3 is 19.3 Å². The molecule has 2 aromatic heterocycles. The Morgan fingerprint density at radius 2 is 1.80 bits per heavy atom. The van der Waals surface area contributed by atoms with Crippen LogP contribution in [-0.4, -0.2) is 83.8 Å². The summed E-state index contributed by atoms with van der Waals surface area (Å²) < 4.78 is 55.8. The highest BCUT2D eigenvalue weighted by Gasteiger charge is 2.33. The number of halogens is 1. The summed E-state index contributed by atoms with van der Waals surface area (Å²) in [5.41, 5.74) is 3.82. The van der Waals surface area contributed by atoms with Gasteiger partial charge in [-0.2, -0.15) is 4.98 Å². The van der Waals surface area contributed by atoms with Gasteiger partial charge >= 0.3 is 0 Å². The van der Waals surface area contributed by atoms with Gasteiger partial charge in [0, 0.05) is 30.3 Å². The van der Waals surface area contributed by atoms with Crippen molar-refractivity contribution in [3.05, 3.63) is 83.3 Å². The molecule has 0 spiro atoms. The number of alkyl halides is 1. The lowest BCUT2D eigenvalue weighted by Crippen LogP contribution is -2.47. The fourth-order valence-corrected chi connectivity index (χ4v) is 6.94. The summed E-state index contributed by atoms with van der Waals surface area (Å²) in [6, 6.07) is 12.7. The fourth-order valence-electron chi connectivity index (χ4n) is 5.95. The van der Waals surface area contributed by atoms with E-state index in [0.717, 1.165) is 16.7 Å². The monoisotopic (exact) mass is 689 g/mol. The topological polar surface area (TPSA) is 140 Å². The first-order chi connectivity index (χ1) is 23.4. The second-order valence-electron chi connectivity index (χ2n) is 12.8. The molecule has 1 N–H and O–H groups in total. The maximum atomic E-state index is 14.4. The largest absolute Gasteiger partial charge is 0.475 e. The smallest absolute Gasteiger partial charge is 0.264 e. The molecule has 0 radical (unpaired) electrons. The molecule has 1 aliphatic carbocycles. The van der Waals surface area contributed by atoms with Crippen LogP contribution in [0.3, 0.4) is 0 Å². The first-order valence-electron chi connectivity index (χ1n) is 16.2. The van der Waals surface area contributed by atoms with Crippen LogP contribution in [0, 0.1) is 13.8 Å². The van der Waals surface area contributed by atoms with Gasteiger partial charge in [-0.1, -0.05) is 24.3 Å². The molecule has 6 rings (SSSR count). The van der Waals surface area contributed by atoms with Crippen molar-refractivity contribution in [2.45, 2.75) is 76.3 Å². The Morgan fingerprint density at radius 3 is 2.51 bits per heavy atom. The summed E-state index contributed by atoms with van der Waals surface area (Å²) in [6.45, 7) is 7.77. The molecular formula is C35H40FN7O5S. The lowest BCUT2D eigenvalue weighted by atomic mass is 9.90. The summed E-state index contributed by atoms with van der Waals surface area (Å²) >= 11 is 0. The van der Waals surface area contributed by atoms with E-state index in [1.54, 1.807) is 29.4 Å². The number of nitrogens with one attached hydrogen (secondary N) is 1. The minimum atomic E-state index is -4.22. The molecule has 3 heterocycles. The van der Waals surface area contributed by atoms with Gasteiger partial charge in [0.25, 0.3) is 15.9 Å². The molecule has 1 saturated carbocycles. The van der Waals surface area contributed by atoms with E-state index < -0.39 is 28.1 Å². The van der Waals surface area contributed by atoms with Crippen LogP contribution in [0.25, 0.3) is 11.3 Å². The highest BCUT2D eigenvalue weighted by Crippen LogP contribution is 2.31. The van der Waals surface area contributed by atoms with Crippen molar-refractivity contribution in [3.63, 3.8) is 0 Å². The van der Waals surface area contributed by atoms with Gasteiger partial charge in [0.15, 0.2) is 0 Å². The number of nitrogens with zero attached hydrogens (tertiary/aromatic N) is 6. The normalized spacial score (nSPS) is 20.3. The summed E-state index contributed by atoms with van der Waals surface area (Å²) in [6.07, 6.45) is 3.04. The Bertz CT molecular complexity index is 1930. The van der Waals surface area contributed by atoms with Crippen LogP contribution in [-0.2, 0) is 21.3 Å². The number of amides is 1. The Hall–Kier alpha value is -4.69. The average molecular weight is 690 g/mol. The molecule has 0 saturated heterocycles. The second-order valence-corrected chi connectivity index (χ2v) is 14.5. The van der Waals surface area contributed by atoms with E-state index in [4.69, 9.17) is 14.5 Å². The van der Waals surface area contributed by atoms with Gasteiger partial charge in [-0.05, 0) is 69.9 Å². The molecule has 2 aromatic carbocycles. The summed E-state index contributed by atoms with van der Waals surface area (Å²) in [5.74, 6) is 0.0600. The van der Waals surface area contributed by atoms with Gasteiger partial charge in [0.2, 0.25) is 11.8 Å². The van der Waals surface area contributed by atoms with E-state index in [9.17, 15) is 17.6 Å². The molecule has 14 heteroatoms. The minimum absolute atomic E-state index is 0.0109. The van der Waals surface area contributed by atoms with Crippen molar-refractivity contribution in [2.75, 3.05) is 29.9 Å². The van der Waals surface area contributed by atoms with Gasteiger partial charge in [-0.15, -0.1) is 0 Å². The molecule has 2 aliphatic rings. The maximum Gasteiger partial charge on any atom is 0.264 e. The first kappa shape index (κ1) is 34.2. The standard InChI is InChI=1S/C35H40FN7O5S/c1-21(2)47-19-28-20-48-32-15-30(33-22(3)8-6-9-23(33)4)39-35(40-32)41-49(45,46)29-11-7-10-24(12-29)34(44)43(28)18-26-16-37-17-31(38-26)42(5)27-13-25(36)14-27/h6-12,15-17,21,25,27-28H,13-14,18-20H2,1-5H3,(H,39,40,41)/t25?,27?,28-/m1/s1. The number of carbonyl (C=O) groups is 1. The van der Waals surface area contributed by atoms with Gasteiger partial charge in [-0.3, -0.25) is 9.78 Å². The maximum absolute atomic E-state index is 14.4. The highest BCUT2D eigenvalue weighted by molar-refractivity contribution is 7.92. The highest BCUT2D eigenvalue weighted by atomic mass is 32.2. The van der Waals surface area contributed by atoms with Crippen molar-refractivity contribution in [1.29, 1.82) is 0 Å². The molecule has 49 heavy (non-hydrogen) atoms. The lowest BCUT2D eigenvalue weighted by molar-refractivity contribution is 0.00629. The number of aryl methyl sites for hydroxylation is 2. The number of sulfonamides is 1. The van der Waals surface area contributed by atoms with E-state index in [1.165, 1.54) is 18.2 Å². The van der Waals surface area contributed by atoms with E-state index in [1.807, 2.05) is 57.8 Å². The number of aromatic nitrogens is 4. The number of ether oxygens (including phenoxy) is 2. The third-order valence-electron chi connectivity index (χ3n) is 8.77. The number of anilines is 2. The van der Waals surface area contributed by atoms with Crippen LogP contribution in [0.15, 0.2) is 65.8 Å². The van der Waals surface area contributed by atoms with Crippen molar-refractivity contribution >= 4 is 27.7 Å². The Morgan fingerprint density at radius 1 is 1.06 bits per heavy atom. The fraction of sp³-hybridized carbons (Fsp3) is 0.400. The molecule has 12 nitrogen and oxygen atoms in total. The molecule has 4 bridgehead atoms. The third kappa shape index (κ3) is 7.65. The molecule has 1 atom stereocenters. The number of hydrogen-bond acceptors (Lipinski definition) is 10. The van der Waals surface area contributed by atoms with E-state index in [0.29, 0.717) is 30.0 Å². The number of rotatable bonds is 8. The van der Waals surface area contributed by atoms with Crippen LogP contribution in [0.4, 0.5) is 16.2 Å². The number of fused-ring (bicyclic) bond motifs is 4. The predicted molar refractivity (Wildman–Crippen MR) is 183 cm³/mol. The molecule has 1 amide bonds. The van der Waals surface area contributed by atoms with E-state index in [-0.39, 0.29) is 54.2 Å². The number of hydrogen-bond donors (Lipinski definition) is 1. The van der Waals surface area contributed by atoms with Gasteiger partial charge in [0.1, 0.15) is 18.6 Å². The number of benzene rings is 2. The van der Waals surface area contributed by atoms with Crippen molar-refractivity contribution < 1.29 is 27.1 Å². The second kappa shape index (κ2) is 14.0. The zero-order valence-corrected chi connectivity index (χ0v) is 28.9. The van der Waals surface area contributed by atoms with Crippen LogP contribution >= 0.6 is 0 Å². The molecule has 258 valence electrons. The van der Waals surface area contributed by atoms with Gasteiger partial charge in [-0.25, -0.2) is 27.5 Å². The SMILES string of the molecule is Cc1cccc(C)c1-c1cc2nc(n1)NS(=O)(=O)c1cccc(c1)C(=O)N(Cc1cncc(N(C)C3CC(F)C3)n1)[C@H](COC(C)C)CO2.